The molecule has 2 atom stereocenters. The van der Waals surface area contributed by atoms with Crippen LogP contribution in [-0.2, 0) is 14.3 Å². The molecule has 2 unspecified atom stereocenters. The second kappa shape index (κ2) is 4.29. The lowest BCUT2D eigenvalue weighted by Crippen LogP contribution is -2.46. The number of rotatable bonds is 2. The second-order valence-corrected chi connectivity index (χ2v) is 5.54. The van der Waals surface area contributed by atoms with E-state index in [-0.39, 0.29) is 24.0 Å². The first-order valence-corrected chi connectivity index (χ1v) is 6.05. The van der Waals surface area contributed by atoms with E-state index >= 15 is 0 Å². The van der Waals surface area contributed by atoms with Crippen LogP contribution in [0.15, 0.2) is 0 Å². The van der Waals surface area contributed by atoms with Gasteiger partial charge in [-0.1, -0.05) is 0 Å². The molecule has 1 N–H and O–H groups in total. The van der Waals surface area contributed by atoms with E-state index in [0.717, 1.165) is 12.8 Å². The summed E-state index contributed by atoms with van der Waals surface area (Å²) in [5, 5.41) is 8.95. The molecule has 17 heavy (non-hydrogen) atoms. The van der Waals surface area contributed by atoms with Gasteiger partial charge in [0.15, 0.2) is 0 Å². The van der Waals surface area contributed by atoms with Crippen molar-refractivity contribution in [3.63, 3.8) is 0 Å². The standard InChI is InChI=1S/C12H19NO4/c1-12(2)6-9(3-4-17-12)13-7-8(11(15)16)5-10(13)14/h8-9H,3-7H2,1-2H3,(H,15,16). The predicted molar refractivity (Wildman–Crippen MR) is 60.5 cm³/mol. The van der Waals surface area contributed by atoms with E-state index in [9.17, 15) is 9.59 Å². The Balaban J connectivity index is 2.03. The highest BCUT2D eigenvalue weighted by Crippen LogP contribution is 2.31. The van der Waals surface area contributed by atoms with Crippen molar-refractivity contribution >= 4 is 11.9 Å². The molecule has 5 nitrogen and oxygen atoms in total. The van der Waals surface area contributed by atoms with Gasteiger partial charge in [0.05, 0.1) is 11.5 Å². The predicted octanol–water partition coefficient (Wildman–Crippen LogP) is 0.877. The lowest BCUT2D eigenvalue weighted by Gasteiger charge is -2.39. The molecule has 2 fully saturated rings. The average molecular weight is 241 g/mol. The van der Waals surface area contributed by atoms with Crippen LogP contribution in [0.1, 0.15) is 33.1 Å². The summed E-state index contributed by atoms with van der Waals surface area (Å²) in [6, 6.07) is 0.135. The molecule has 0 aromatic heterocycles. The van der Waals surface area contributed by atoms with Gasteiger partial charge in [-0.15, -0.1) is 0 Å². The average Bonchev–Trinajstić information content (AvgIpc) is 2.59. The molecule has 2 aliphatic heterocycles. The lowest BCUT2D eigenvalue weighted by molar-refractivity contribution is -0.141. The highest BCUT2D eigenvalue weighted by molar-refractivity contribution is 5.86. The van der Waals surface area contributed by atoms with Crippen molar-refractivity contribution in [2.24, 2.45) is 5.92 Å². The number of ether oxygens (including phenoxy) is 1. The van der Waals surface area contributed by atoms with Crippen LogP contribution < -0.4 is 0 Å². The molecular weight excluding hydrogens is 222 g/mol. The molecule has 0 saturated carbocycles. The molecule has 2 aliphatic rings. The van der Waals surface area contributed by atoms with Gasteiger partial charge >= 0.3 is 5.97 Å². The van der Waals surface area contributed by atoms with Crippen molar-refractivity contribution in [3.05, 3.63) is 0 Å². The monoisotopic (exact) mass is 241 g/mol. The number of aliphatic carboxylic acids is 1. The Bertz CT molecular complexity index is 339. The molecule has 2 rings (SSSR count). The first-order chi connectivity index (χ1) is 7.89. The molecule has 2 saturated heterocycles. The molecule has 0 aromatic rings. The molecule has 0 aromatic carbocycles. The SMILES string of the molecule is CC1(C)CC(N2CC(C(=O)O)CC2=O)CCO1. The topological polar surface area (TPSA) is 66.8 Å². The summed E-state index contributed by atoms with van der Waals surface area (Å²) in [6.07, 6.45) is 1.74. The van der Waals surface area contributed by atoms with Crippen LogP contribution in [0.5, 0.6) is 0 Å². The summed E-state index contributed by atoms with van der Waals surface area (Å²) in [6.45, 7) is 5.01. The highest BCUT2D eigenvalue weighted by atomic mass is 16.5. The van der Waals surface area contributed by atoms with Gasteiger partial charge in [0.25, 0.3) is 0 Å². The number of carboxylic acid groups (broad SMARTS) is 1. The van der Waals surface area contributed by atoms with Gasteiger partial charge in [0.2, 0.25) is 5.91 Å². The number of hydrogen-bond donors (Lipinski definition) is 1. The van der Waals surface area contributed by atoms with Crippen molar-refractivity contribution in [2.75, 3.05) is 13.2 Å². The quantitative estimate of drug-likeness (QED) is 0.779. The zero-order valence-corrected chi connectivity index (χ0v) is 10.3. The fraction of sp³-hybridized carbons (Fsp3) is 0.833. The van der Waals surface area contributed by atoms with E-state index < -0.39 is 11.9 Å². The zero-order valence-electron chi connectivity index (χ0n) is 10.3. The van der Waals surface area contributed by atoms with Crippen molar-refractivity contribution in [1.82, 2.24) is 4.90 Å². The minimum Gasteiger partial charge on any atom is -0.481 e. The van der Waals surface area contributed by atoms with Crippen LogP contribution in [-0.4, -0.2) is 46.7 Å². The fourth-order valence-electron chi connectivity index (χ4n) is 2.72. The molecule has 2 heterocycles. The van der Waals surface area contributed by atoms with Crippen LogP contribution in [0.4, 0.5) is 0 Å². The van der Waals surface area contributed by atoms with E-state index in [1.807, 2.05) is 13.8 Å². The summed E-state index contributed by atoms with van der Waals surface area (Å²) in [4.78, 5) is 24.5. The third-order valence-electron chi connectivity index (χ3n) is 3.62. The molecule has 5 heteroatoms. The van der Waals surface area contributed by atoms with Gasteiger partial charge in [-0.05, 0) is 26.7 Å². The Morgan fingerprint density at radius 3 is 2.76 bits per heavy atom. The van der Waals surface area contributed by atoms with Crippen molar-refractivity contribution in [3.8, 4) is 0 Å². The summed E-state index contributed by atoms with van der Waals surface area (Å²) < 4.78 is 5.61. The minimum absolute atomic E-state index is 0.0277. The first kappa shape index (κ1) is 12.4. The van der Waals surface area contributed by atoms with Gasteiger partial charge in [0, 0.05) is 25.6 Å². The number of carboxylic acids is 1. The van der Waals surface area contributed by atoms with Crippen molar-refractivity contribution in [2.45, 2.75) is 44.8 Å². The smallest absolute Gasteiger partial charge is 0.308 e. The highest BCUT2D eigenvalue weighted by Gasteiger charge is 2.41. The van der Waals surface area contributed by atoms with Gasteiger partial charge in [0.1, 0.15) is 0 Å². The van der Waals surface area contributed by atoms with E-state index in [1.54, 1.807) is 4.90 Å². The van der Waals surface area contributed by atoms with Gasteiger partial charge in [-0.2, -0.15) is 0 Å². The van der Waals surface area contributed by atoms with Crippen molar-refractivity contribution in [1.29, 1.82) is 0 Å². The Morgan fingerprint density at radius 2 is 2.24 bits per heavy atom. The maximum absolute atomic E-state index is 11.8. The molecule has 0 radical (unpaired) electrons. The molecular formula is C12H19NO4. The molecule has 0 spiro atoms. The third-order valence-corrected chi connectivity index (χ3v) is 3.62. The number of likely N-dealkylation sites (tertiary alicyclic amines) is 1. The van der Waals surface area contributed by atoms with Crippen LogP contribution in [0.2, 0.25) is 0 Å². The summed E-state index contributed by atoms with van der Waals surface area (Å²) >= 11 is 0. The van der Waals surface area contributed by atoms with Crippen LogP contribution >= 0.6 is 0 Å². The van der Waals surface area contributed by atoms with Crippen LogP contribution in [0.3, 0.4) is 0 Å². The lowest BCUT2D eigenvalue weighted by atomic mass is 9.93. The number of hydrogen-bond acceptors (Lipinski definition) is 3. The Kier molecular flexibility index (Phi) is 3.12. The fourth-order valence-corrected chi connectivity index (χ4v) is 2.72. The van der Waals surface area contributed by atoms with Crippen LogP contribution in [0, 0.1) is 5.92 Å². The number of carbonyl (C=O) groups excluding carboxylic acids is 1. The molecule has 0 bridgehead atoms. The zero-order chi connectivity index (χ0) is 12.6. The van der Waals surface area contributed by atoms with E-state index in [2.05, 4.69) is 0 Å². The molecule has 96 valence electrons. The molecule has 0 aliphatic carbocycles. The number of amides is 1. The largest absolute Gasteiger partial charge is 0.481 e. The summed E-state index contributed by atoms with van der Waals surface area (Å²) in [5.74, 6) is -1.43. The van der Waals surface area contributed by atoms with Gasteiger partial charge in [-0.25, -0.2) is 0 Å². The Labute approximate surface area is 101 Å². The summed E-state index contributed by atoms with van der Waals surface area (Å²) in [5.41, 5.74) is -0.218. The number of nitrogens with zero attached hydrogens (tertiary/aromatic N) is 1. The Hall–Kier alpha value is -1.10. The minimum atomic E-state index is -0.868. The maximum atomic E-state index is 11.8. The third kappa shape index (κ3) is 2.60. The first-order valence-electron chi connectivity index (χ1n) is 6.05. The van der Waals surface area contributed by atoms with Crippen LogP contribution in [0.25, 0.3) is 0 Å². The van der Waals surface area contributed by atoms with Gasteiger partial charge in [-0.3, -0.25) is 9.59 Å². The van der Waals surface area contributed by atoms with E-state index in [0.29, 0.717) is 13.2 Å². The van der Waals surface area contributed by atoms with E-state index in [4.69, 9.17) is 9.84 Å². The van der Waals surface area contributed by atoms with Crippen molar-refractivity contribution < 1.29 is 19.4 Å². The number of carbonyl (C=O) groups is 2. The second-order valence-electron chi connectivity index (χ2n) is 5.54. The maximum Gasteiger partial charge on any atom is 0.308 e. The summed E-state index contributed by atoms with van der Waals surface area (Å²) in [7, 11) is 0. The normalized spacial score (nSPS) is 32.8. The van der Waals surface area contributed by atoms with E-state index in [1.165, 1.54) is 0 Å². The Morgan fingerprint density at radius 1 is 1.53 bits per heavy atom. The molecule has 1 amide bonds. The van der Waals surface area contributed by atoms with Gasteiger partial charge < -0.3 is 14.7 Å².